The van der Waals surface area contributed by atoms with Crippen LogP contribution in [0.5, 0.6) is 0 Å². The lowest BCUT2D eigenvalue weighted by Gasteiger charge is -2.16. The first-order chi connectivity index (χ1) is 6.24. The summed E-state index contributed by atoms with van der Waals surface area (Å²) in [5.74, 6) is 0.106. The van der Waals surface area contributed by atoms with Gasteiger partial charge >= 0.3 is 0 Å². The van der Waals surface area contributed by atoms with Crippen LogP contribution in [-0.2, 0) is 4.79 Å². The van der Waals surface area contributed by atoms with E-state index in [1.165, 1.54) is 12.8 Å². The van der Waals surface area contributed by atoms with Crippen LogP contribution < -0.4 is 5.32 Å². The molecule has 0 spiro atoms. The van der Waals surface area contributed by atoms with Gasteiger partial charge in [0, 0.05) is 6.04 Å². The summed E-state index contributed by atoms with van der Waals surface area (Å²) in [6, 6.07) is 0.384. The highest BCUT2D eigenvalue weighted by molar-refractivity contribution is 9.09. The lowest BCUT2D eigenvalue weighted by Crippen LogP contribution is -2.35. The standard InChI is InChI=1S/C10H20BrNO/c1-3-5-7-9(6-4-2)12-10(13)8-11/h9H,3-8H2,1-2H3,(H,12,13). The molecule has 0 rings (SSSR count). The number of halogens is 1. The molecule has 0 saturated carbocycles. The third kappa shape index (κ3) is 7.05. The summed E-state index contributed by atoms with van der Waals surface area (Å²) < 4.78 is 0. The molecule has 0 aliphatic heterocycles. The molecule has 0 aromatic heterocycles. The molecule has 1 atom stereocenters. The molecule has 0 aliphatic carbocycles. The number of hydrogen-bond acceptors (Lipinski definition) is 1. The summed E-state index contributed by atoms with van der Waals surface area (Å²) in [5.41, 5.74) is 0. The Morgan fingerprint density at radius 2 is 2.00 bits per heavy atom. The molecule has 1 amide bonds. The third-order valence-electron chi connectivity index (χ3n) is 2.03. The van der Waals surface area contributed by atoms with Crippen molar-refractivity contribution in [1.82, 2.24) is 5.32 Å². The van der Waals surface area contributed by atoms with E-state index in [9.17, 15) is 4.79 Å². The fourth-order valence-electron chi connectivity index (χ4n) is 1.35. The Bertz CT molecular complexity index is 139. The Morgan fingerprint density at radius 1 is 1.31 bits per heavy atom. The van der Waals surface area contributed by atoms with Crippen LogP contribution in [0, 0.1) is 0 Å². The molecule has 0 heterocycles. The second kappa shape index (κ2) is 8.54. The Balaban J connectivity index is 3.71. The Labute approximate surface area is 89.6 Å². The van der Waals surface area contributed by atoms with Crippen molar-refractivity contribution < 1.29 is 4.79 Å². The molecule has 0 aromatic carbocycles. The number of unbranched alkanes of at least 4 members (excludes halogenated alkanes) is 1. The van der Waals surface area contributed by atoms with Crippen LogP contribution in [-0.4, -0.2) is 17.3 Å². The molecule has 1 unspecified atom stereocenters. The highest BCUT2D eigenvalue weighted by Crippen LogP contribution is 2.06. The zero-order valence-corrected chi connectivity index (χ0v) is 10.2. The highest BCUT2D eigenvalue weighted by Gasteiger charge is 2.09. The molecule has 3 heteroatoms. The largest absolute Gasteiger partial charge is 0.353 e. The molecular formula is C10H20BrNO. The van der Waals surface area contributed by atoms with Gasteiger partial charge in [-0.1, -0.05) is 49.0 Å². The van der Waals surface area contributed by atoms with Crippen LogP contribution in [0.15, 0.2) is 0 Å². The smallest absolute Gasteiger partial charge is 0.230 e. The maximum atomic E-state index is 11.1. The average Bonchev–Trinajstić information content (AvgIpc) is 2.14. The zero-order chi connectivity index (χ0) is 10.1. The predicted octanol–water partition coefficient (Wildman–Crippen LogP) is 2.86. The molecule has 0 bridgehead atoms. The van der Waals surface area contributed by atoms with Gasteiger partial charge in [-0.25, -0.2) is 0 Å². The fourth-order valence-corrected chi connectivity index (χ4v) is 1.52. The van der Waals surface area contributed by atoms with Gasteiger partial charge in [-0.15, -0.1) is 0 Å². The highest BCUT2D eigenvalue weighted by atomic mass is 79.9. The van der Waals surface area contributed by atoms with E-state index in [-0.39, 0.29) is 5.91 Å². The van der Waals surface area contributed by atoms with E-state index in [0.717, 1.165) is 19.3 Å². The number of carbonyl (C=O) groups excluding carboxylic acids is 1. The van der Waals surface area contributed by atoms with Crippen LogP contribution in [0.3, 0.4) is 0 Å². The lowest BCUT2D eigenvalue weighted by atomic mass is 10.1. The van der Waals surface area contributed by atoms with Gasteiger partial charge in [-0.05, 0) is 12.8 Å². The molecule has 0 saturated heterocycles. The fraction of sp³-hybridized carbons (Fsp3) is 0.900. The van der Waals surface area contributed by atoms with E-state index in [4.69, 9.17) is 0 Å². The van der Waals surface area contributed by atoms with Crippen LogP contribution in [0.2, 0.25) is 0 Å². The monoisotopic (exact) mass is 249 g/mol. The molecule has 0 aromatic rings. The van der Waals surface area contributed by atoms with Crippen LogP contribution in [0.4, 0.5) is 0 Å². The minimum atomic E-state index is 0.106. The second-order valence-corrected chi connectivity index (χ2v) is 3.89. The molecule has 13 heavy (non-hydrogen) atoms. The van der Waals surface area contributed by atoms with Gasteiger partial charge in [-0.2, -0.15) is 0 Å². The second-order valence-electron chi connectivity index (χ2n) is 3.33. The van der Waals surface area contributed by atoms with Crippen molar-refractivity contribution in [1.29, 1.82) is 0 Å². The first kappa shape index (κ1) is 12.9. The van der Waals surface area contributed by atoms with Gasteiger partial charge in [0.1, 0.15) is 0 Å². The van der Waals surface area contributed by atoms with Crippen molar-refractivity contribution in [2.75, 3.05) is 5.33 Å². The van der Waals surface area contributed by atoms with Crippen LogP contribution >= 0.6 is 15.9 Å². The zero-order valence-electron chi connectivity index (χ0n) is 8.61. The maximum Gasteiger partial charge on any atom is 0.230 e. The third-order valence-corrected chi connectivity index (χ3v) is 2.54. The summed E-state index contributed by atoms with van der Waals surface area (Å²) in [7, 11) is 0. The number of carbonyl (C=O) groups is 1. The van der Waals surface area contributed by atoms with Gasteiger partial charge in [0.15, 0.2) is 0 Å². The molecule has 0 radical (unpaired) electrons. The van der Waals surface area contributed by atoms with E-state index < -0.39 is 0 Å². The van der Waals surface area contributed by atoms with Crippen molar-refractivity contribution in [3.8, 4) is 0 Å². The Kier molecular flexibility index (Phi) is 8.51. The summed E-state index contributed by atoms with van der Waals surface area (Å²) in [6.07, 6.45) is 5.75. The maximum absolute atomic E-state index is 11.1. The Morgan fingerprint density at radius 3 is 2.46 bits per heavy atom. The average molecular weight is 250 g/mol. The predicted molar refractivity (Wildman–Crippen MR) is 60.2 cm³/mol. The van der Waals surface area contributed by atoms with Crippen LogP contribution in [0.25, 0.3) is 0 Å². The van der Waals surface area contributed by atoms with Crippen molar-refractivity contribution in [2.45, 2.75) is 52.0 Å². The van der Waals surface area contributed by atoms with Gasteiger partial charge in [0.2, 0.25) is 5.91 Å². The number of nitrogens with one attached hydrogen (secondary N) is 1. The molecule has 78 valence electrons. The van der Waals surface area contributed by atoms with Crippen molar-refractivity contribution in [3.05, 3.63) is 0 Å². The van der Waals surface area contributed by atoms with Gasteiger partial charge in [0.05, 0.1) is 5.33 Å². The lowest BCUT2D eigenvalue weighted by molar-refractivity contribution is -0.119. The SMILES string of the molecule is CCCCC(CCC)NC(=O)CBr. The van der Waals surface area contributed by atoms with E-state index in [0.29, 0.717) is 11.4 Å². The molecule has 0 aliphatic rings. The summed E-state index contributed by atoms with van der Waals surface area (Å²) in [6.45, 7) is 4.33. The number of amides is 1. The molecule has 0 fully saturated rings. The Hall–Kier alpha value is -0.0500. The van der Waals surface area contributed by atoms with E-state index in [1.54, 1.807) is 0 Å². The van der Waals surface area contributed by atoms with Crippen LogP contribution in [0.1, 0.15) is 46.0 Å². The van der Waals surface area contributed by atoms with Gasteiger partial charge in [0.25, 0.3) is 0 Å². The number of alkyl halides is 1. The minimum absolute atomic E-state index is 0.106. The van der Waals surface area contributed by atoms with E-state index >= 15 is 0 Å². The first-order valence-corrected chi connectivity index (χ1v) is 6.22. The number of rotatable bonds is 7. The van der Waals surface area contributed by atoms with E-state index in [1.807, 2.05) is 0 Å². The summed E-state index contributed by atoms with van der Waals surface area (Å²) in [4.78, 5) is 11.1. The quantitative estimate of drug-likeness (QED) is 0.691. The van der Waals surface area contributed by atoms with Crippen molar-refractivity contribution >= 4 is 21.8 Å². The van der Waals surface area contributed by atoms with Crippen molar-refractivity contribution in [2.24, 2.45) is 0 Å². The number of hydrogen-bond donors (Lipinski definition) is 1. The summed E-state index contributed by atoms with van der Waals surface area (Å²) >= 11 is 3.15. The normalized spacial score (nSPS) is 12.5. The minimum Gasteiger partial charge on any atom is -0.353 e. The molecular weight excluding hydrogens is 230 g/mol. The van der Waals surface area contributed by atoms with Gasteiger partial charge < -0.3 is 5.32 Å². The van der Waals surface area contributed by atoms with Gasteiger partial charge in [-0.3, -0.25) is 4.79 Å². The first-order valence-electron chi connectivity index (χ1n) is 5.09. The molecule has 1 N–H and O–H groups in total. The van der Waals surface area contributed by atoms with Crippen molar-refractivity contribution in [3.63, 3.8) is 0 Å². The molecule has 2 nitrogen and oxygen atoms in total. The topological polar surface area (TPSA) is 29.1 Å². The van der Waals surface area contributed by atoms with E-state index in [2.05, 4.69) is 35.1 Å². The summed E-state index contributed by atoms with van der Waals surface area (Å²) in [5, 5.41) is 3.43.